The number of carbonyl (C=O) groups excluding carboxylic acids is 1. The molecule has 0 radical (unpaired) electrons. The molecule has 2 aromatic carbocycles. The molecule has 2 heterocycles. The van der Waals surface area contributed by atoms with Crippen LogP contribution in [0.15, 0.2) is 59.0 Å². The van der Waals surface area contributed by atoms with Gasteiger partial charge in [-0.1, -0.05) is 47.6 Å². The highest BCUT2D eigenvalue weighted by Gasteiger charge is 2.31. The van der Waals surface area contributed by atoms with Crippen molar-refractivity contribution >= 4 is 67.5 Å². The predicted octanol–water partition coefficient (Wildman–Crippen LogP) is 5.53. The second-order valence-electron chi connectivity index (χ2n) is 7.97. The van der Waals surface area contributed by atoms with Crippen molar-refractivity contribution in [1.82, 2.24) is 9.47 Å². The van der Waals surface area contributed by atoms with Crippen LogP contribution in [0, 0.1) is 0 Å². The summed E-state index contributed by atoms with van der Waals surface area (Å²) in [6.45, 7) is 4.33. The highest BCUT2D eigenvalue weighted by atomic mass is 35.5. The lowest BCUT2D eigenvalue weighted by molar-refractivity contribution is -0.125. The van der Waals surface area contributed by atoms with Gasteiger partial charge in [0.1, 0.15) is 0 Å². The molecule has 4 rings (SSSR count). The Morgan fingerprint density at radius 2 is 1.82 bits per heavy atom. The van der Waals surface area contributed by atoms with E-state index in [0.717, 1.165) is 20.7 Å². The van der Waals surface area contributed by atoms with E-state index in [1.54, 1.807) is 6.07 Å². The monoisotopic (exact) mass is 524 g/mol. The van der Waals surface area contributed by atoms with Crippen molar-refractivity contribution in [2.45, 2.75) is 27.9 Å². The van der Waals surface area contributed by atoms with Crippen LogP contribution >= 0.6 is 35.0 Å². The summed E-state index contributed by atoms with van der Waals surface area (Å²) in [5, 5.41) is 0.859. The summed E-state index contributed by atoms with van der Waals surface area (Å²) in [7, 11) is -2.11. The second kappa shape index (κ2) is 9.35. The van der Waals surface area contributed by atoms with E-state index in [1.807, 2.05) is 37.5 Å². The molecule has 1 fully saturated rings. The van der Waals surface area contributed by atoms with Crippen LogP contribution in [0.2, 0.25) is 10.0 Å². The largest absolute Gasteiger partial charge is 0.351 e. The van der Waals surface area contributed by atoms with E-state index in [1.165, 1.54) is 16.7 Å². The number of likely N-dealkylation sites (tertiary alicyclic amines) is 1. The SMILES string of the molecule is C=C(C(=O)N1CCC(S(=O)(=O)O)CC1)c1ccc(Sc2ccc3c(ccn3C)c2)c(Cl)c1Cl. The number of carbonyl (C=O) groups is 1. The number of nitrogens with zero attached hydrogens (tertiary/aromatic N) is 2. The number of hydrogen-bond acceptors (Lipinski definition) is 4. The van der Waals surface area contributed by atoms with Crippen LogP contribution in [0.1, 0.15) is 18.4 Å². The Kier molecular flexibility index (Phi) is 6.85. The smallest absolute Gasteiger partial charge is 0.267 e. The zero-order valence-electron chi connectivity index (χ0n) is 17.8. The van der Waals surface area contributed by atoms with Crippen molar-refractivity contribution in [2.24, 2.45) is 7.05 Å². The summed E-state index contributed by atoms with van der Waals surface area (Å²) in [4.78, 5) is 16.2. The fourth-order valence-corrected chi connectivity index (χ4v) is 6.28. The van der Waals surface area contributed by atoms with Gasteiger partial charge in [0.2, 0.25) is 0 Å². The van der Waals surface area contributed by atoms with Crippen molar-refractivity contribution in [3.63, 3.8) is 0 Å². The Bertz CT molecular complexity index is 1360. The Labute approximate surface area is 206 Å². The quantitative estimate of drug-likeness (QED) is 0.350. The number of fused-ring (bicyclic) bond motifs is 1. The molecule has 0 bridgehead atoms. The molecule has 33 heavy (non-hydrogen) atoms. The number of hydrogen-bond donors (Lipinski definition) is 1. The van der Waals surface area contributed by atoms with Gasteiger partial charge in [-0.25, -0.2) is 0 Å². The van der Waals surface area contributed by atoms with Crippen molar-refractivity contribution in [2.75, 3.05) is 13.1 Å². The molecule has 1 saturated heterocycles. The minimum absolute atomic E-state index is 0.174. The summed E-state index contributed by atoms with van der Waals surface area (Å²) >= 11 is 14.6. The molecule has 0 unspecified atom stereocenters. The summed E-state index contributed by atoms with van der Waals surface area (Å²) in [6, 6.07) is 11.7. The molecule has 1 aromatic heterocycles. The number of benzene rings is 2. The van der Waals surface area contributed by atoms with Crippen LogP contribution in [0.3, 0.4) is 0 Å². The zero-order valence-corrected chi connectivity index (χ0v) is 20.9. The Hall–Kier alpha value is -1.97. The standard InChI is InChI=1S/C23H22Cl2N2O4S2/c1-14(23(28)27-11-8-17(9-12-27)33(29,30)31)18-4-6-20(22(25)21(18)24)32-16-3-5-19-15(13-16)7-10-26(19)2/h3-7,10,13,17H,1,8-9,11-12H2,2H3,(H,29,30,31). The van der Waals surface area contributed by atoms with E-state index in [2.05, 4.69) is 17.2 Å². The molecule has 6 nitrogen and oxygen atoms in total. The first-order valence-corrected chi connectivity index (χ1v) is 13.3. The number of aryl methyl sites for hydroxylation is 1. The van der Waals surface area contributed by atoms with E-state index >= 15 is 0 Å². The van der Waals surface area contributed by atoms with Gasteiger partial charge < -0.3 is 9.47 Å². The van der Waals surface area contributed by atoms with Gasteiger partial charge in [-0.15, -0.1) is 0 Å². The van der Waals surface area contributed by atoms with Gasteiger partial charge >= 0.3 is 0 Å². The van der Waals surface area contributed by atoms with Crippen LogP contribution in [0.4, 0.5) is 0 Å². The minimum Gasteiger partial charge on any atom is -0.351 e. The van der Waals surface area contributed by atoms with Crippen molar-refractivity contribution < 1.29 is 17.8 Å². The molecule has 1 N–H and O–H groups in total. The van der Waals surface area contributed by atoms with Crippen LogP contribution < -0.4 is 0 Å². The first-order valence-electron chi connectivity index (χ1n) is 10.2. The van der Waals surface area contributed by atoms with E-state index in [0.29, 0.717) is 10.6 Å². The third kappa shape index (κ3) is 4.95. The molecule has 10 heteroatoms. The van der Waals surface area contributed by atoms with Crippen LogP contribution in [0.25, 0.3) is 16.5 Å². The third-order valence-corrected chi connectivity index (χ3v) is 9.22. The number of amides is 1. The molecule has 0 spiro atoms. The number of piperidine rings is 1. The number of rotatable bonds is 5. The van der Waals surface area contributed by atoms with E-state index in [-0.39, 0.29) is 42.4 Å². The maximum Gasteiger partial charge on any atom is 0.267 e. The molecular weight excluding hydrogens is 503 g/mol. The molecule has 3 aromatic rings. The molecule has 174 valence electrons. The highest BCUT2D eigenvalue weighted by molar-refractivity contribution is 7.99. The van der Waals surface area contributed by atoms with Crippen LogP contribution in [0.5, 0.6) is 0 Å². The summed E-state index contributed by atoms with van der Waals surface area (Å²) in [5.74, 6) is -0.336. The van der Waals surface area contributed by atoms with Gasteiger partial charge in [0, 0.05) is 58.2 Å². The fourth-order valence-electron chi connectivity index (χ4n) is 3.96. The Morgan fingerprint density at radius 1 is 1.12 bits per heavy atom. The van der Waals surface area contributed by atoms with Gasteiger partial charge in [-0.3, -0.25) is 9.35 Å². The molecule has 0 aliphatic carbocycles. The van der Waals surface area contributed by atoms with E-state index in [4.69, 9.17) is 23.2 Å². The maximum absolute atomic E-state index is 12.9. The minimum atomic E-state index is -4.10. The molecular formula is C23H22Cl2N2O4S2. The van der Waals surface area contributed by atoms with Crippen molar-refractivity contribution in [3.05, 3.63) is 64.8 Å². The summed E-state index contributed by atoms with van der Waals surface area (Å²) in [6.07, 6.45) is 2.35. The lowest BCUT2D eigenvalue weighted by Crippen LogP contribution is -2.42. The summed E-state index contributed by atoms with van der Waals surface area (Å²) < 4.78 is 33.9. The maximum atomic E-state index is 12.9. The van der Waals surface area contributed by atoms with E-state index in [9.17, 15) is 17.8 Å². The average molecular weight is 525 g/mol. The third-order valence-electron chi connectivity index (χ3n) is 5.87. The van der Waals surface area contributed by atoms with Crippen molar-refractivity contribution in [3.8, 4) is 0 Å². The molecule has 0 atom stereocenters. The van der Waals surface area contributed by atoms with Crippen molar-refractivity contribution in [1.29, 1.82) is 0 Å². The molecule has 0 saturated carbocycles. The normalized spacial score (nSPS) is 15.2. The first-order chi connectivity index (χ1) is 15.6. The predicted molar refractivity (Wildman–Crippen MR) is 134 cm³/mol. The highest BCUT2D eigenvalue weighted by Crippen LogP contribution is 2.41. The Balaban J connectivity index is 1.50. The van der Waals surface area contributed by atoms with Gasteiger partial charge in [-0.2, -0.15) is 8.42 Å². The molecule has 1 aliphatic heterocycles. The Morgan fingerprint density at radius 3 is 2.48 bits per heavy atom. The van der Waals surface area contributed by atoms with Gasteiger partial charge in [0.25, 0.3) is 16.0 Å². The van der Waals surface area contributed by atoms with Crippen LogP contribution in [-0.4, -0.2) is 46.7 Å². The van der Waals surface area contributed by atoms with Gasteiger partial charge in [0.15, 0.2) is 0 Å². The van der Waals surface area contributed by atoms with Gasteiger partial charge in [-0.05, 0) is 43.2 Å². The molecule has 1 amide bonds. The average Bonchev–Trinajstić information content (AvgIpc) is 3.15. The molecule has 1 aliphatic rings. The number of aromatic nitrogens is 1. The van der Waals surface area contributed by atoms with E-state index < -0.39 is 15.4 Å². The topological polar surface area (TPSA) is 79.6 Å². The lowest BCUT2D eigenvalue weighted by atomic mass is 10.0. The first kappa shape index (κ1) is 24.2. The zero-order chi connectivity index (χ0) is 23.9. The lowest BCUT2D eigenvalue weighted by Gasteiger charge is -2.31. The van der Waals surface area contributed by atoms with Crippen LogP contribution in [-0.2, 0) is 22.0 Å². The number of halogens is 2. The second-order valence-corrected chi connectivity index (χ2v) is 11.5. The fraction of sp³-hybridized carbons (Fsp3) is 0.261. The van der Waals surface area contributed by atoms with Gasteiger partial charge in [0.05, 0.1) is 15.3 Å². The summed E-state index contributed by atoms with van der Waals surface area (Å²) in [5.41, 5.74) is 1.76.